The molecule has 0 radical (unpaired) electrons. The predicted molar refractivity (Wildman–Crippen MR) is 114 cm³/mol. The number of aromatic nitrogens is 3. The van der Waals surface area contributed by atoms with Crippen molar-refractivity contribution in [3.8, 4) is 0 Å². The monoisotopic (exact) mass is 539 g/mol. The van der Waals surface area contributed by atoms with E-state index in [0.717, 1.165) is 44.8 Å². The van der Waals surface area contributed by atoms with Gasteiger partial charge in [-0.05, 0) is 24.6 Å². The normalized spacial score (nSPS) is 21.4. The number of halogens is 6. The zero-order valence-corrected chi connectivity index (χ0v) is 19.0. The number of ether oxygens (including phenoxy) is 1. The molecule has 2 aromatic heterocycles. The van der Waals surface area contributed by atoms with E-state index in [-0.39, 0.29) is 11.6 Å². The number of hydrogen-bond donors (Lipinski definition) is 3. The molecule has 0 aliphatic carbocycles. The Kier molecular flexibility index (Phi) is 10.1. The van der Waals surface area contributed by atoms with Gasteiger partial charge in [0.15, 0.2) is 0 Å². The second kappa shape index (κ2) is 12.6. The van der Waals surface area contributed by atoms with Crippen LogP contribution in [0.3, 0.4) is 0 Å². The molecule has 2 aromatic rings. The molecule has 37 heavy (non-hydrogen) atoms. The number of anilines is 1. The van der Waals surface area contributed by atoms with Gasteiger partial charge in [0.1, 0.15) is 0 Å². The van der Waals surface area contributed by atoms with E-state index in [9.17, 15) is 26.3 Å². The molecule has 3 N–H and O–H groups in total. The van der Waals surface area contributed by atoms with Crippen molar-refractivity contribution >= 4 is 17.9 Å². The topological polar surface area (TPSA) is 138 Å². The van der Waals surface area contributed by atoms with Crippen molar-refractivity contribution < 1.29 is 50.9 Å². The number of rotatable bonds is 4. The Hall–Kier alpha value is -3.53. The van der Waals surface area contributed by atoms with Crippen LogP contribution >= 0.6 is 0 Å². The summed E-state index contributed by atoms with van der Waals surface area (Å²) >= 11 is 0. The molecule has 0 bridgehead atoms. The lowest BCUT2D eigenvalue weighted by Crippen LogP contribution is -2.33. The smallest absolute Gasteiger partial charge is 0.475 e. The Morgan fingerprint density at radius 1 is 1.00 bits per heavy atom. The average Bonchev–Trinajstić information content (AvgIpc) is 3.40. The minimum Gasteiger partial charge on any atom is -0.475 e. The van der Waals surface area contributed by atoms with Crippen molar-refractivity contribution in [2.24, 2.45) is 0 Å². The minimum atomic E-state index is -5.08. The Morgan fingerprint density at radius 2 is 1.57 bits per heavy atom. The lowest BCUT2D eigenvalue weighted by Gasteiger charge is -2.23. The number of hydrogen-bond acceptors (Lipinski definition) is 8. The molecule has 2 saturated heterocycles. The number of carbonyl (C=O) groups is 2. The van der Waals surface area contributed by atoms with Crippen LogP contribution in [-0.2, 0) is 20.9 Å². The molecule has 1 spiro atoms. The SMILES string of the molecule is O=C(O)C(F)(F)F.O=C(O)C(F)(F)F.c1ccc(CN2CCC3(CC(Nc4ncccn4)CO3)C2)nc1. The summed E-state index contributed by atoms with van der Waals surface area (Å²) in [6, 6.07) is 8.19. The van der Waals surface area contributed by atoms with Crippen LogP contribution < -0.4 is 5.32 Å². The number of aliphatic carboxylic acids is 2. The van der Waals surface area contributed by atoms with E-state index in [0.29, 0.717) is 5.95 Å². The summed E-state index contributed by atoms with van der Waals surface area (Å²) in [6.45, 7) is 3.64. The Balaban J connectivity index is 0.000000286. The van der Waals surface area contributed by atoms with Gasteiger partial charge >= 0.3 is 24.3 Å². The lowest BCUT2D eigenvalue weighted by molar-refractivity contribution is -0.193. The van der Waals surface area contributed by atoms with E-state index >= 15 is 0 Å². The summed E-state index contributed by atoms with van der Waals surface area (Å²) in [5.74, 6) is -4.83. The van der Waals surface area contributed by atoms with Crippen molar-refractivity contribution in [3.63, 3.8) is 0 Å². The number of alkyl halides is 6. The number of nitrogens with one attached hydrogen (secondary N) is 1. The van der Waals surface area contributed by atoms with Crippen LogP contribution in [0.25, 0.3) is 0 Å². The van der Waals surface area contributed by atoms with Crippen molar-refractivity contribution in [1.29, 1.82) is 0 Å². The standard InChI is InChI=1S/C17H21N5O.2C2HF3O2/c1-2-6-18-14(4-1)11-22-9-5-17(13-22)10-15(12-23-17)21-16-19-7-3-8-20-16;2*3-2(4,5)1(6)7/h1-4,6-8,15H,5,9-13H2,(H,19,20,21);2*(H,6,7). The van der Waals surface area contributed by atoms with Crippen molar-refractivity contribution in [1.82, 2.24) is 19.9 Å². The average molecular weight is 539 g/mol. The van der Waals surface area contributed by atoms with Crippen LogP contribution in [0, 0.1) is 0 Å². The molecule has 0 aromatic carbocycles. The third kappa shape index (κ3) is 10.2. The maximum Gasteiger partial charge on any atom is 0.490 e. The second-order valence-electron chi connectivity index (χ2n) is 8.00. The minimum absolute atomic E-state index is 0.0266. The fourth-order valence-electron chi connectivity index (χ4n) is 3.56. The summed E-state index contributed by atoms with van der Waals surface area (Å²) in [5.41, 5.74) is 1.09. The zero-order chi connectivity index (χ0) is 27.7. The Morgan fingerprint density at radius 3 is 2.08 bits per heavy atom. The van der Waals surface area contributed by atoms with Crippen LogP contribution in [0.2, 0.25) is 0 Å². The van der Waals surface area contributed by atoms with E-state index in [1.54, 1.807) is 12.4 Å². The van der Waals surface area contributed by atoms with Gasteiger partial charge < -0.3 is 20.3 Å². The molecule has 204 valence electrons. The van der Waals surface area contributed by atoms with Crippen LogP contribution in [0.4, 0.5) is 32.3 Å². The quantitative estimate of drug-likeness (QED) is 0.497. The summed E-state index contributed by atoms with van der Waals surface area (Å²) in [7, 11) is 0. The van der Waals surface area contributed by atoms with Gasteiger partial charge in [-0.15, -0.1) is 0 Å². The molecule has 10 nitrogen and oxygen atoms in total. The summed E-state index contributed by atoms with van der Waals surface area (Å²) in [5, 5.41) is 17.6. The van der Waals surface area contributed by atoms with Crippen LogP contribution in [-0.4, -0.2) is 85.7 Å². The summed E-state index contributed by atoms with van der Waals surface area (Å²) in [6.07, 6.45) is -2.72. The van der Waals surface area contributed by atoms with Gasteiger partial charge in [0.25, 0.3) is 0 Å². The maximum absolute atomic E-state index is 10.6. The Bertz CT molecular complexity index is 929. The molecule has 2 aliphatic rings. The molecule has 4 rings (SSSR count). The molecule has 0 amide bonds. The largest absolute Gasteiger partial charge is 0.490 e. The molecule has 2 atom stereocenters. The highest BCUT2D eigenvalue weighted by Gasteiger charge is 2.45. The fraction of sp³-hybridized carbons (Fsp3) is 0.476. The molecule has 2 unspecified atom stereocenters. The van der Waals surface area contributed by atoms with Crippen LogP contribution in [0.15, 0.2) is 42.9 Å². The van der Waals surface area contributed by atoms with Crippen LogP contribution in [0.5, 0.6) is 0 Å². The van der Waals surface area contributed by atoms with Gasteiger partial charge in [0, 0.05) is 44.6 Å². The zero-order valence-electron chi connectivity index (χ0n) is 19.0. The summed E-state index contributed by atoms with van der Waals surface area (Å²) in [4.78, 5) is 33.1. The lowest BCUT2D eigenvalue weighted by atomic mass is 9.97. The molecular formula is C21H23F6N5O5. The van der Waals surface area contributed by atoms with E-state index in [1.165, 1.54) is 0 Å². The highest BCUT2D eigenvalue weighted by Crippen LogP contribution is 2.36. The van der Waals surface area contributed by atoms with E-state index in [4.69, 9.17) is 24.5 Å². The molecule has 2 aliphatic heterocycles. The third-order valence-electron chi connectivity index (χ3n) is 5.10. The van der Waals surface area contributed by atoms with E-state index in [1.807, 2.05) is 24.4 Å². The van der Waals surface area contributed by atoms with Crippen molar-refractivity contribution in [2.45, 2.75) is 43.4 Å². The molecule has 4 heterocycles. The second-order valence-corrected chi connectivity index (χ2v) is 8.00. The third-order valence-corrected chi connectivity index (χ3v) is 5.10. The number of nitrogens with zero attached hydrogens (tertiary/aromatic N) is 4. The molecule has 0 saturated carbocycles. The van der Waals surface area contributed by atoms with Gasteiger partial charge in [-0.2, -0.15) is 26.3 Å². The van der Waals surface area contributed by atoms with Gasteiger partial charge in [-0.3, -0.25) is 9.88 Å². The predicted octanol–water partition coefficient (Wildman–Crippen LogP) is 2.98. The molecular weight excluding hydrogens is 516 g/mol. The number of carboxylic acids is 2. The van der Waals surface area contributed by atoms with Crippen molar-refractivity contribution in [3.05, 3.63) is 48.5 Å². The van der Waals surface area contributed by atoms with Crippen molar-refractivity contribution in [2.75, 3.05) is 25.0 Å². The first-order valence-corrected chi connectivity index (χ1v) is 10.6. The highest BCUT2D eigenvalue weighted by atomic mass is 19.4. The van der Waals surface area contributed by atoms with Gasteiger partial charge in [0.2, 0.25) is 5.95 Å². The number of likely N-dealkylation sites (tertiary alicyclic amines) is 1. The first kappa shape index (κ1) is 29.7. The van der Waals surface area contributed by atoms with E-state index in [2.05, 4.69) is 31.2 Å². The maximum atomic E-state index is 10.6. The fourth-order valence-corrected chi connectivity index (χ4v) is 3.56. The van der Waals surface area contributed by atoms with E-state index < -0.39 is 24.3 Å². The first-order valence-electron chi connectivity index (χ1n) is 10.6. The first-order chi connectivity index (χ1) is 17.2. The van der Waals surface area contributed by atoms with Gasteiger partial charge in [-0.1, -0.05) is 6.07 Å². The highest BCUT2D eigenvalue weighted by molar-refractivity contribution is 5.73. The summed E-state index contributed by atoms with van der Waals surface area (Å²) < 4.78 is 69.6. The Labute approximate surface area is 206 Å². The van der Waals surface area contributed by atoms with Gasteiger partial charge in [0.05, 0.1) is 23.9 Å². The molecule has 2 fully saturated rings. The number of carboxylic acid groups (broad SMARTS) is 2. The van der Waals surface area contributed by atoms with Gasteiger partial charge in [-0.25, -0.2) is 19.6 Å². The number of pyridine rings is 1. The van der Waals surface area contributed by atoms with Crippen LogP contribution in [0.1, 0.15) is 18.5 Å². The molecule has 16 heteroatoms.